The van der Waals surface area contributed by atoms with Crippen molar-refractivity contribution in [1.82, 2.24) is 14.1 Å². The van der Waals surface area contributed by atoms with Crippen molar-refractivity contribution in [2.24, 2.45) is 0 Å². The highest BCUT2D eigenvalue weighted by Crippen LogP contribution is 2.38. The molecule has 0 spiro atoms. The molecular formula is C21H13F3N4OS. The Morgan fingerprint density at radius 3 is 2.50 bits per heavy atom. The van der Waals surface area contributed by atoms with Gasteiger partial charge in [-0.25, -0.2) is 4.98 Å². The molecule has 0 bridgehead atoms. The molecule has 0 aliphatic carbocycles. The van der Waals surface area contributed by atoms with Crippen LogP contribution < -0.4 is 11.3 Å². The Bertz CT molecular complexity index is 1470. The highest BCUT2D eigenvalue weighted by molar-refractivity contribution is 7.16. The molecule has 0 aliphatic heterocycles. The zero-order valence-electron chi connectivity index (χ0n) is 15.2. The highest BCUT2D eigenvalue weighted by Gasteiger charge is 2.36. The number of nitrogens with two attached hydrogens (primary N) is 1. The molecule has 0 radical (unpaired) electrons. The number of nitrogen functional groups attached to an aromatic ring is 1. The Balaban J connectivity index is 1.84. The molecule has 0 atom stereocenters. The standard InChI is InChI=1S/C21H13F3N4OS/c22-21(23,24)15-11-30-19-17(15)28(20(29)18(25)26-19)14-7-6-12-8-9-27(16(12)10-14)13-4-2-1-3-5-13/h1-11H,(H2,25,26). The van der Waals surface area contributed by atoms with Gasteiger partial charge in [-0.05, 0) is 30.3 Å². The predicted octanol–water partition coefficient (Wildman–Crippen LogP) is 4.99. The Morgan fingerprint density at radius 2 is 1.77 bits per heavy atom. The van der Waals surface area contributed by atoms with E-state index in [0.29, 0.717) is 0 Å². The minimum absolute atomic E-state index is 0.0537. The van der Waals surface area contributed by atoms with E-state index in [1.807, 2.05) is 47.2 Å². The number of hydrogen-bond donors (Lipinski definition) is 1. The summed E-state index contributed by atoms with van der Waals surface area (Å²) in [6.07, 6.45) is -2.76. The van der Waals surface area contributed by atoms with E-state index >= 15 is 0 Å². The average Bonchev–Trinajstić information content (AvgIpc) is 3.33. The summed E-state index contributed by atoms with van der Waals surface area (Å²) in [6.45, 7) is 0. The van der Waals surface area contributed by atoms with Gasteiger partial charge in [0.15, 0.2) is 5.82 Å². The number of fused-ring (bicyclic) bond motifs is 2. The van der Waals surface area contributed by atoms with E-state index in [9.17, 15) is 18.0 Å². The van der Waals surface area contributed by atoms with Gasteiger partial charge in [-0.2, -0.15) is 13.2 Å². The fourth-order valence-corrected chi connectivity index (χ4v) is 4.47. The van der Waals surface area contributed by atoms with E-state index < -0.39 is 17.3 Å². The summed E-state index contributed by atoms with van der Waals surface area (Å²) < 4.78 is 43.7. The van der Waals surface area contributed by atoms with Crippen LogP contribution in [0.15, 0.2) is 71.0 Å². The third-order valence-corrected chi connectivity index (χ3v) is 5.75. The maximum absolute atomic E-state index is 13.6. The molecule has 0 saturated heterocycles. The summed E-state index contributed by atoms with van der Waals surface area (Å²) in [5.41, 5.74) is 5.67. The molecule has 0 unspecified atom stereocenters. The van der Waals surface area contributed by atoms with E-state index in [4.69, 9.17) is 5.73 Å². The van der Waals surface area contributed by atoms with Crippen LogP contribution in [0.1, 0.15) is 5.56 Å². The summed E-state index contributed by atoms with van der Waals surface area (Å²) >= 11 is 0.802. The number of aromatic nitrogens is 3. The number of para-hydroxylation sites is 1. The van der Waals surface area contributed by atoms with Gasteiger partial charge < -0.3 is 10.3 Å². The maximum Gasteiger partial charge on any atom is 0.419 e. The topological polar surface area (TPSA) is 65.8 Å². The number of benzene rings is 2. The lowest BCUT2D eigenvalue weighted by molar-refractivity contribution is -0.136. The van der Waals surface area contributed by atoms with Crippen LogP contribution in [0.3, 0.4) is 0 Å². The fraction of sp³-hybridized carbons (Fsp3) is 0.0476. The number of anilines is 1. The molecule has 30 heavy (non-hydrogen) atoms. The van der Waals surface area contributed by atoms with E-state index in [0.717, 1.165) is 37.9 Å². The van der Waals surface area contributed by atoms with Gasteiger partial charge in [0.1, 0.15) is 4.83 Å². The summed E-state index contributed by atoms with van der Waals surface area (Å²) in [5.74, 6) is -0.350. The van der Waals surface area contributed by atoms with Crippen LogP contribution in [0, 0.1) is 0 Å². The van der Waals surface area contributed by atoms with Crippen LogP contribution >= 0.6 is 11.3 Å². The lowest BCUT2D eigenvalue weighted by atomic mass is 10.2. The zero-order chi connectivity index (χ0) is 21.0. The second kappa shape index (κ2) is 6.46. The number of alkyl halides is 3. The van der Waals surface area contributed by atoms with Crippen LogP contribution in [0.25, 0.3) is 32.6 Å². The quantitative estimate of drug-likeness (QED) is 0.432. The van der Waals surface area contributed by atoms with Gasteiger partial charge in [0.25, 0.3) is 5.56 Å². The van der Waals surface area contributed by atoms with Crippen molar-refractivity contribution in [2.45, 2.75) is 6.18 Å². The molecule has 0 saturated carbocycles. The van der Waals surface area contributed by atoms with Crippen molar-refractivity contribution in [3.8, 4) is 11.4 Å². The minimum Gasteiger partial charge on any atom is -0.379 e. The molecule has 0 fully saturated rings. The van der Waals surface area contributed by atoms with Gasteiger partial charge in [0.2, 0.25) is 0 Å². The first kappa shape index (κ1) is 18.4. The summed E-state index contributed by atoms with van der Waals surface area (Å²) in [6, 6.07) is 16.5. The minimum atomic E-state index is -4.63. The van der Waals surface area contributed by atoms with E-state index in [1.54, 1.807) is 18.2 Å². The van der Waals surface area contributed by atoms with E-state index in [-0.39, 0.29) is 21.9 Å². The SMILES string of the molecule is Nc1nc2scc(C(F)(F)F)c2n(-c2ccc3ccn(-c4ccccc4)c3c2)c1=O. The second-order valence-electron chi connectivity index (χ2n) is 6.70. The van der Waals surface area contributed by atoms with Gasteiger partial charge in [-0.15, -0.1) is 11.3 Å². The Hall–Kier alpha value is -3.59. The average molecular weight is 426 g/mol. The predicted molar refractivity (Wildman–Crippen MR) is 111 cm³/mol. The van der Waals surface area contributed by atoms with Gasteiger partial charge in [0, 0.05) is 22.7 Å². The van der Waals surface area contributed by atoms with Crippen molar-refractivity contribution in [3.63, 3.8) is 0 Å². The Morgan fingerprint density at radius 1 is 1.00 bits per heavy atom. The van der Waals surface area contributed by atoms with Crippen LogP contribution in [-0.2, 0) is 6.18 Å². The number of halogens is 3. The third-order valence-electron chi connectivity index (χ3n) is 4.89. The van der Waals surface area contributed by atoms with Gasteiger partial charge >= 0.3 is 6.18 Å². The second-order valence-corrected chi connectivity index (χ2v) is 7.56. The summed E-state index contributed by atoms with van der Waals surface area (Å²) in [4.78, 5) is 16.7. The van der Waals surface area contributed by atoms with Crippen molar-refractivity contribution in [3.05, 3.63) is 82.1 Å². The highest BCUT2D eigenvalue weighted by atomic mass is 32.1. The first-order valence-corrected chi connectivity index (χ1v) is 9.76. The Kier molecular flexibility index (Phi) is 3.97. The number of hydrogen-bond acceptors (Lipinski definition) is 4. The van der Waals surface area contributed by atoms with Crippen LogP contribution in [0.4, 0.5) is 19.0 Å². The molecule has 3 heterocycles. The maximum atomic E-state index is 13.6. The van der Waals surface area contributed by atoms with Gasteiger partial charge in [-0.1, -0.05) is 24.3 Å². The molecule has 2 aromatic carbocycles. The molecule has 3 aromatic heterocycles. The zero-order valence-corrected chi connectivity index (χ0v) is 16.0. The largest absolute Gasteiger partial charge is 0.419 e. The molecule has 0 amide bonds. The van der Waals surface area contributed by atoms with Crippen LogP contribution in [0.2, 0.25) is 0 Å². The lowest BCUT2D eigenvalue weighted by Gasteiger charge is -2.13. The fourth-order valence-electron chi connectivity index (χ4n) is 3.53. The van der Waals surface area contributed by atoms with E-state index in [2.05, 4.69) is 4.98 Å². The number of thiophene rings is 1. The molecular weight excluding hydrogens is 413 g/mol. The molecule has 5 aromatic rings. The first-order valence-electron chi connectivity index (χ1n) is 8.88. The Labute approximate surface area is 171 Å². The molecule has 9 heteroatoms. The van der Waals surface area contributed by atoms with Crippen LogP contribution in [0.5, 0.6) is 0 Å². The molecule has 5 rings (SSSR count). The molecule has 0 aliphatic rings. The van der Waals surface area contributed by atoms with Crippen molar-refractivity contribution in [1.29, 1.82) is 0 Å². The van der Waals surface area contributed by atoms with Crippen molar-refractivity contribution < 1.29 is 13.2 Å². The molecule has 2 N–H and O–H groups in total. The normalized spacial score (nSPS) is 12.1. The van der Waals surface area contributed by atoms with Gasteiger partial charge in [0.05, 0.1) is 22.3 Å². The van der Waals surface area contributed by atoms with Crippen molar-refractivity contribution in [2.75, 3.05) is 5.73 Å². The monoisotopic (exact) mass is 426 g/mol. The molecule has 150 valence electrons. The summed E-state index contributed by atoms with van der Waals surface area (Å²) in [7, 11) is 0. The van der Waals surface area contributed by atoms with Gasteiger partial charge in [-0.3, -0.25) is 9.36 Å². The lowest BCUT2D eigenvalue weighted by Crippen LogP contribution is -2.24. The van der Waals surface area contributed by atoms with E-state index in [1.165, 1.54) is 0 Å². The smallest absolute Gasteiger partial charge is 0.379 e. The number of rotatable bonds is 2. The summed E-state index contributed by atoms with van der Waals surface area (Å²) in [5, 5.41) is 1.84. The molecule has 5 nitrogen and oxygen atoms in total. The third kappa shape index (κ3) is 2.78. The first-order chi connectivity index (χ1) is 14.3. The van der Waals surface area contributed by atoms with Crippen molar-refractivity contribution >= 4 is 38.4 Å². The number of nitrogens with zero attached hydrogens (tertiary/aromatic N) is 3. The van der Waals surface area contributed by atoms with Crippen LogP contribution in [-0.4, -0.2) is 14.1 Å².